The molecule has 1 aliphatic rings. The average molecular weight is 467 g/mol. The Kier molecular flexibility index (Phi) is 6.20. The second-order valence-corrected chi connectivity index (χ2v) is 8.46. The molecule has 1 saturated heterocycles. The molecule has 1 fully saturated rings. The summed E-state index contributed by atoms with van der Waals surface area (Å²) in [5, 5.41) is 13.2. The molecule has 2 heterocycles. The molecule has 33 heavy (non-hydrogen) atoms. The Labute approximate surface area is 195 Å². The van der Waals surface area contributed by atoms with Crippen molar-refractivity contribution in [2.45, 2.75) is 19.9 Å². The quantitative estimate of drug-likeness (QED) is 0.597. The van der Waals surface area contributed by atoms with Gasteiger partial charge in [0.05, 0.1) is 16.2 Å². The van der Waals surface area contributed by atoms with Crippen LogP contribution in [0, 0.1) is 0 Å². The number of nitrogens with one attached hydrogen (secondary N) is 1. The number of anilines is 1. The van der Waals surface area contributed by atoms with E-state index in [1.807, 2.05) is 12.1 Å². The van der Waals surface area contributed by atoms with Gasteiger partial charge in [0.15, 0.2) is 0 Å². The molecule has 4 rings (SSSR count). The minimum absolute atomic E-state index is 0.148. The molecule has 9 heteroatoms. The lowest BCUT2D eigenvalue weighted by Gasteiger charge is -2.38. The molecule has 3 amide bonds. The summed E-state index contributed by atoms with van der Waals surface area (Å²) in [5.41, 5.74) is 3.22. The van der Waals surface area contributed by atoms with Crippen LogP contribution in [0.5, 0.6) is 0 Å². The Morgan fingerprint density at radius 3 is 2.45 bits per heavy atom. The first-order valence-corrected chi connectivity index (χ1v) is 10.9. The van der Waals surface area contributed by atoms with Crippen LogP contribution in [0.2, 0.25) is 5.02 Å². The summed E-state index contributed by atoms with van der Waals surface area (Å²) >= 11 is 6.50. The van der Waals surface area contributed by atoms with Gasteiger partial charge in [-0.1, -0.05) is 29.8 Å². The van der Waals surface area contributed by atoms with Crippen molar-refractivity contribution in [2.24, 2.45) is 0 Å². The zero-order valence-electron chi connectivity index (χ0n) is 18.2. The smallest absolute Gasteiger partial charge is 0.407 e. The molecule has 0 bridgehead atoms. The van der Waals surface area contributed by atoms with Gasteiger partial charge in [-0.3, -0.25) is 9.59 Å². The van der Waals surface area contributed by atoms with Crippen LogP contribution < -0.4 is 5.32 Å². The van der Waals surface area contributed by atoms with Gasteiger partial charge in [0.25, 0.3) is 5.91 Å². The van der Waals surface area contributed by atoms with Crippen LogP contribution in [-0.4, -0.2) is 63.5 Å². The van der Waals surface area contributed by atoms with Crippen LogP contribution in [-0.2, 0) is 4.79 Å². The number of carbonyl (C=O) groups is 3. The predicted octanol–water partition coefficient (Wildman–Crippen LogP) is 4.34. The van der Waals surface area contributed by atoms with Crippen molar-refractivity contribution >= 4 is 46.1 Å². The van der Waals surface area contributed by atoms with Crippen LogP contribution in [0.1, 0.15) is 24.2 Å². The molecule has 0 spiro atoms. The first-order chi connectivity index (χ1) is 15.7. The predicted molar refractivity (Wildman–Crippen MR) is 127 cm³/mol. The topological polar surface area (TPSA) is 103 Å². The van der Waals surface area contributed by atoms with Gasteiger partial charge in [0.2, 0.25) is 5.91 Å². The van der Waals surface area contributed by atoms with Gasteiger partial charge in [-0.2, -0.15) is 0 Å². The third-order valence-corrected chi connectivity index (χ3v) is 5.98. The maximum atomic E-state index is 13.1. The minimum atomic E-state index is -0.975. The molecule has 0 radical (unpaired) electrons. The van der Waals surface area contributed by atoms with E-state index in [-0.39, 0.29) is 24.4 Å². The Morgan fingerprint density at radius 2 is 1.82 bits per heavy atom. The monoisotopic (exact) mass is 466 g/mol. The fourth-order valence-corrected chi connectivity index (χ4v) is 4.27. The van der Waals surface area contributed by atoms with E-state index in [1.54, 1.807) is 48.2 Å². The molecule has 170 valence electrons. The van der Waals surface area contributed by atoms with Crippen LogP contribution in [0.3, 0.4) is 0 Å². The number of pyridine rings is 1. The van der Waals surface area contributed by atoms with E-state index in [0.29, 0.717) is 40.6 Å². The normalized spacial score (nSPS) is 16.0. The van der Waals surface area contributed by atoms with E-state index in [2.05, 4.69) is 5.32 Å². The van der Waals surface area contributed by atoms with Crippen molar-refractivity contribution in [1.82, 2.24) is 14.8 Å². The lowest BCUT2D eigenvalue weighted by atomic mass is 10.1. The van der Waals surface area contributed by atoms with Crippen LogP contribution >= 0.6 is 11.6 Å². The Hall–Kier alpha value is -3.65. The Morgan fingerprint density at radius 1 is 1.09 bits per heavy atom. The molecular formula is C24H23ClN4O4. The highest BCUT2D eigenvalue weighted by molar-refractivity contribution is 6.35. The van der Waals surface area contributed by atoms with Gasteiger partial charge in [-0.25, -0.2) is 9.78 Å². The van der Waals surface area contributed by atoms with E-state index >= 15 is 0 Å². The summed E-state index contributed by atoms with van der Waals surface area (Å²) in [6.45, 7) is 4.18. The third-order valence-electron chi connectivity index (χ3n) is 5.67. The zero-order valence-corrected chi connectivity index (χ0v) is 19.0. The fraction of sp³-hybridized carbons (Fsp3) is 0.250. The van der Waals surface area contributed by atoms with Crippen LogP contribution in [0.25, 0.3) is 22.2 Å². The molecule has 8 nitrogen and oxygen atoms in total. The Bertz CT molecular complexity index is 1250. The van der Waals surface area contributed by atoms with Gasteiger partial charge in [-0.05, 0) is 37.3 Å². The summed E-state index contributed by atoms with van der Waals surface area (Å²) in [6, 6.07) is 14.0. The highest BCUT2D eigenvalue weighted by atomic mass is 35.5. The molecule has 0 aliphatic carbocycles. The first kappa shape index (κ1) is 22.5. The largest absolute Gasteiger partial charge is 0.465 e. The minimum Gasteiger partial charge on any atom is -0.465 e. The summed E-state index contributed by atoms with van der Waals surface area (Å²) in [7, 11) is 0. The standard InChI is InChI=1S/C24H23ClN4O4/c1-14-13-28(9-10-29(14)24(32)33)23(31)17-5-8-19-20(25)12-21(27-22(19)11-17)16-3-6-18(7-4-16)26-15(2)30/h3-8,11-12,14H,9-10,13H2,1-2H3,(H,26,30)(H,32,33). The number of rotatable bonds is 3. The fourth-order valence-electron chi connectivity index (χ4n) is 4.00. The maximum absolute atomic E-state index is 13.1. The highest BCUT2D eigenvalue weighted by Gasteiger charge is 2.30. The lowest BCUT2D eigenvalue weighted by molar-refractivity contribution is -0.114. The number of fused-ring (bicyclic) bond motifs is 1. The molecule has 1 atom stereocenters. The first-order valence-electron chi connectivity index (χ1n) is 10.5. The second-order valence-electron chi connectivity index (χ2n) is 8.06. The molecule has 1 aliphatic heterocycles. The van der Waals surface area contributed by atoms with E-state index in [4.69, 9.17) is 16.6 Å². The van der Waals surface area contributed by atoms with Crippen molar-refractivity contribution < 1.29 is 19.5 Å². The number of benzene rings is 2. The number of carboxylic acid groups (broad SMARTS) is 1. The van der Waals surface area contributed by atoms with Crippen molar-refractivity contribution in [3.63, 3.8) is 0 Å². The van der Waals surface area contributed by atoms with Crippen molar-refractivity contribution in [1.29, 1.82) is 0 Å². The van der Waals surface area contributed by atoms with Gasteiger partial charge >= 0.3 is 6.09 Å². The maximum Gasteiger partial charge on any atom is 0.407 e. The van der Waals surface area contributed by atoms with Gasteiger partial charge in [-0.15, -0.1) is 0 Å². The molecular weight excluding hydrogens is 444 g/mol. The molecule has 2 N–H and O–H groups in total. The van der Waals surface area contributed by atoms with Gasteiger partial charge < -0.3 is 20.2 Å². The highest BCUT2D eigenvalue weighted by Crippen LogP contribution is 2.30. The molecule has 2 aromatic carbocycles. The summed E-state index contributed by atoms with van der Waals surface area (Å²) in [5.74, 6) is -0.317. The molecule has 1 aromatic heterocycles. The van der Waals surface area contributed by atoms with Crippen molar-refractivity contribution in [3.8, 4) is 11.3 Å². The van der Waals surface area contributed by atoms with Gasteiger partial charge in [0.1, 0.15) is 0 Å². The number of hydrogen-bond acceptors (Lipinski definition) is 4. The summed E-state index contributed by atoms with van der Waals surface area (Å²) in [4.78, 5) is 43.3. The number of hydrogen-bond donors (Lipinski definition) is 2. The van der Waals surface area contributed by atoms with E-state index in [1.165, 1.54) is 11.8 Å². The summed E-state index contributed by atoms with van der Waals surface area (Å²) < 4.78 is 0. The van der Waals surface area contributed by atoms with Crippen molar-refractivity contribution in [3.05, 3.63) is 59.1 Å². The lowest BCUT2D eigenvalue weighted by Crippen LogP contribution is -2.55. The number of nitrogens with zero attached hydrogens (tertiary/aromatic N) is 3. The van der Waals surface area contributed by atoms with E-state index < -0.39 is 6.09 Å². The number of aromatic nitrogens is 1. The third kappa shape index (κ3) is 4.75. The number of carbonyl (C=O) groups excluding carboxylic acids is 2. The SMILES string of the molecule is CC(=O)Nc1ccc(-c2cc(Cl)c3ccc(C(=O)N4CCN(C(=O)O)C(C)C4)cc3n2)cc1. The molecule has 3 aromatic rings. The Balaban J connectivity index is 1.61. The van der Waals surface area contributed by atoms with E-state index in [9.17, 15) is 19.5 Å². The number of amides is 3. The van der Waals surface area contributed by atoms with Gasteiger partial charge in [0, 0.05) is 54.8 Å². The number of halogens is 1. The number of piperazine rings is 1. The summed E-state index contributed by atoms with van der Waals surface area (Å²) in [6.07, 6.45) is -0.975. The second kappa shape index (κ2) is 9.07. The van der Waals surface area contributed by atoms with E-state index in [0.717, 1.165) is 10.9 Å². The van der Waals surface area contributed by atoms with Crippen LogP contribution in [0.15, 0.2) is 48.5 Å². The average Bonchev–Trinajstić information content (AvgIpc) is 2.78. The molecule has 1 unspecified atom stereocenters. The van der Waals surface area contributed by atoms with Crippen LogP contribution in [0.4, 0.5) is 10.5 Å². The molecule has 0 saturated carbocycles. The zero-order chi connectivity index (χ0) is 23.7. The van der Waals surface area contributed by atoms with Crippen molar-refractivity contribution in [2.75, 3.05) is 25.0 Å².